The summed E-state index contributed by atoms with van der Waals surface area (Å²) in [6.45, 7) is 7.58. The molecule has 4 heteroatoms. The number of rotatable bonds is 4. The molecule has 22 heavy (non-hydrogen) atoms. The summed E-state index contributed by atoms with van der Waals surface area (Å²) < 4.78 is 5.79. The van der Waals surface area contributed by atoms with Gasteiger partial charge >= 0.3 is 0 Å². The molecule has 2 heterocycles. The Morgan fingerprint density at radius 2 is 2.00 bits per heavy atom. The molecule has 0 aromatic carbocycles. The van der Waals surface area contributed by atoms with Gasteiger partial charge in [-0.05, 0) is 32.2 Å². The van der Waals surface area contributed by atoms with Crippen LogP contribution in [0, 0.1) is 5.41 Å². The van der Waals surface area contributed by atoms with Crippen LogP contribution >= 0.6 is 0 Å². The van der Waals surface area contributed by atoms with Crippen molar-refractivity contribution in [1.82, 2.24) is 14.9 Å². The Balaban J connectivity index is 1.65. The van der Waals surface area contributed by atoms with Crippen LogP contribution in [0.15, 0.2) is 12.4 Å². The van der Waals surface area contributed by atoms with E-state index in [1.165, 1.54) is 44.2 Å². The summed E-state index contributed by atoms with van der Waals surface area (Å²) in [5.41, 5.74) is 1.62. The molecule has 0 bridgehead atoms. The minimum Gasteiger partial charge on any atom is -0.381 e. The molecule has 2 aliphatic rings. The first-order valence-corrected chi connectivity index (χ1v) is 8.69. The van der Waals surface area contributed by atoms with E-state index >= 15 is 0 Å². The van der Waals surface area contributed by atoms with Gasteiger partial charge in [0.1, 0.15) is 5.82 Å². The highest BCUT2D eigenvalue weighted by Crippen LogP contribution is 2.46. The third-order valence-corrected chi connectivity index (χ3v) is 5.44. The second kappa shape index (κ2) is 6.63. The van der Waals surface area contributed by atoms with Gasteiger partial charge in [-0.15, -0.1) is 0 Å². The quantitative estimate of drug-likeness (QED) is 0.854. The van der Waals surface area contributed by atoms with Gasteiger partial charge in [0.25, 0.3) is 0 Å². The minimum absolute atomic E-state index is 0.395. The summed E-state index contributed by atoms with van der Waals surface area (Å²) in [4.78, 5) is 11.6. The SMILES string of the molecule is CO[C@@H]1CCC[C@]12CCCN(Cc1cnc(C(C)C)nc1)C2. The van der Waals surface area contributed by atoms with Crippen LogP contribution in [0.3, 0.4) is 0 Å². The van der Waals surface area contributed by atoms with E-state index < -0.39 is 0 Å². The first-order valence-electron chi connectivity index (χ1n) is 8.69. The van der Waals surface area contributed by atoms with E-state index in [0.717, 1.165) is 18.9 Å². The maximum atomic E-state index is 5.79. The Hall–Kier alpha value is -1.00. The minimum atomic E-state index is 0.395. The molecule has 1 saturated carbocycles. The van der Waals surface area contributed by atoms with E-state index in [4.69, 9.17) is 4.74 Å². The van der Waals surface area contributed by atoms with Crippen molar-refractivity contribution in [3.05, 3.63) is 23.8 Å². The maximum absolute atomic E-state index is 5.79. The zero-order chi connectivity index (χ0) is 15.6. The molecule has 0 N–H and O–H groups in total. The van der Waals surface area contributed by atoms with E-state index in [1.807, 2.05) is 19.5 Å². The number of piperidine rings is 1. The van der Waals surface area contributed by atoms with E-state index in [2.05, 4.69) is 28.7 Å². The first-order chi connectivity index (χ1) is 10.6. The lowest BCUT2D eigenvalue weighted by atomic mass is 9.76. The standard InChI is InChI=1S/C18H29N3O/c1-14(2)17-19-10-15(11-20-17)12-21-9-5-8-18(13-21)7-4-6-16(18)22-3/h10-11,14,16H,4-9,12-13H2,1-3H3/t16-,18-/m1/s1. The lowest BCUT2D eigenvalue weighted by molar-refractivity contribution is -0.0366. The smallest absolute Gasteiger partial charge is 0.130 e. The molecule has 122 valence electrons. The van der Waals surface area contributed by atoms with Crippen molar-refractivity contribution in [2.24, 2.45) is 5.41 Å². The summed E-state index contributed by atoms with van der Waals surface area (Å²) in [5, 5.41) is 0. The van der Waals surface area contributed by atoms with Gasteiger partial charge in [-0.1, -0.05) is 20.3 Å². The summed E-state index contributed by atoms with van der Waals surface area (Å²) in [7, 11) is 1.88. The van der Waals surface area contributed by atoms with Crippen LogP contribution in [-0.2, 0) is 11.3 Å². The average Bonchev–Trinajstić information content (AvgIpc) is 2.89. The van der Waals surface area contributed by atoms with Crippen LogP contribution in [0.4, 0.5) is 0 Å². The second-order valence-electron chi connectivity index (χ2n) is 7.40. The van der Waals surface area contributed by atoms with Crippen molar-refractivity contribution in [1.29, 1.82) is 0 Å². The monoisotopic (exact) mass is 303 g/mol. The fourth-order valence-corrected chi connectivity index (χ4v) is 4.34. The van der Waals surface area contributed by atoms with Crippen LogP contribution in [0.25, 0.3) is 0 Å². The Labute approximate surface area is 134 Å². The highest BCUT2D eigenvalue weighted by atomic mass is 16.5. The van der Waals surface area contributed by atoms with Crippen molar-refractivity contribution in [2.75, 3.05) is 20.2 Å². The number of hydrogen-bond acceptors (Lipinski definition) is 4. The Morgan fingerprint density at radius 3 is 2.68 bits per heavy atom. The van der Waals surface area contributed by atoms with Crippen LogP contribution in [0.2, 0.25) is 0 Å². The molecule has 3 rings (SSSR count). The van der Waals surface area contributed by atoms with Gasteiger partial charge in [0.05, 0.1) is 6.10 Å². The van der Waals surface area contributed by atoms with E-state index in [0.29, 0.717) is 17.4 Å². The van der Waals surface area contributed by atoms with Crippen LogP contribution < -0.4 is 0 Å². The largest absolute Gasteiger partial charge is 0.381 e. The molecule has 4 nitrogen and oxygen atoms in total. The average molecular weight is 303 g/mol. The van der Waals surface area contributed by atoms with Gasteiger partial charge in [-0.3, -0.25) is 4.90 Å². The second-order valence-corrected chi connectivity index (χ2v) is 7.40. The molecule has 1 aromatic rings. The van der Waals surface area contributed by atoms with Gasteiger partial charge in [0.2, 0.25) is 0 Å². The normalized spacial score (nSPS) is 29.5. The Morgan fingerprint density at radius 1 is 1.27 bits per heavy atom. The number of ether oxygens (including phenoxy) is 1. The molecule has 2 atom stereocenters. The summed E-state index contributed by atoms with van der Waals surface area (Å²) in [6, 6.07) is 0. The number of likely N-dealkylation sites (tertiary alicyclic amines) is 1. The number of methoxy groups -OCH3 is 1. The van der Waals surface area contributed by atoms with Gasteiger partial charge in [0.15, 0.2) is 0 Å². The fraction of sp³-hybridized carbons (Fsp3) is 0.778. The van der Waals surface area contributed by atoms with Gasteiger partial charge < -0.3 is 4.74 Å². The fourth-order valence-electron chi connectivity index (χ4n) is 4.34. The molecule has 0 radical (unpaired) electrons. The van der Waals surface area contributed by atoms with Gasteiger partial charge in [-0.25, -0.2) is 9.97 Å². The maximum Gasteiger partial charge on any atom is 0.130 e. The predicted octanol–water partition coefficient (Wildman–Crippen LogP) is 3.38. The molecular formula is C18H29N3O. The molecule has 2 fully saturated rings. The third-order valence-electron chi connectivity index (χ3n) is 5.44. The Kier molecular flexibility index (Phi) is 4.79. The molecule has 1 spiro atoms. The van der Waals surface area contributed by atoms with Crippen molar-refractivity contribution < 1.29 is 4.74 Å². The highest BCUT2D eigenvalue weighted by molar-refractivity contribution is 5.08. The summed E-state index contributed by atoms with van der Waals surface area (Å²) in [5.74, 6) is 1.34. The molecule has 1 aliphatic carbocycles. The first kappa shape index (κ1) is 15.9. The highest BCUT2D eigenvalue weighted by Gasteiger charge is 2.45. The number of hydrogen-bond donors (Lipinski definition) is 0. The summed E-state index contributed by atoms with van der Waals surface area (Å²) in [6.07, 6.45) is 10.9. The molecule has 1 saturated heterocycles. The van der Waals surface area contributed by atoms with Crippen LogP contribution in [0.5, 0.6) is 0 Å². The molecule has 1 aliphatic heterocycles. The zero-order valence-corrected chi connectivity index (χ0v) is 14.2. The van der Waals surface area contributed by atoms with Crippen LogP contribution in [-0.4, -0.2) is 41.2 Å². The summed E-state index contributed by atoms with van der Waals surface area (Å²) >= 11 is 0. The third kappa shape index (κ3) is 3.18. The van der Waals surface area contributed by atoms with Gasteiger partial charge in [0, 0.05) is 49.5 Å². The van der Waals surface area contributed by atoms with E-state index in [1.54, 1.807) is 0 Å². The lowest BCUT2D eigenvalue weighted by Gasteiger charge is -2.43. The van der Waals surface area contributed by atoms with E-state index in [-0.39, 0.29) is 0 Å². The zero-order valence-electron chi connectivity index (χ0n) is 14.2. The van der Waals surface area contributed by atoms with Crippen molar-refractivity contribution in [2.45, 2.75) is 64.5 Å². The molecule has 0 amide bonds. The van der Waals surface area contributed by atoms with Crippen molar-refractivity contribution >= 4 is 0 Å². The van der Waals surface area contributed by atoms with Crippen molar-refractivity contribution in [3.63, 3.8) is 0 Å². The Bertz CT molecular complexity index is 488. The number of nitrogens with zero attached hydrogens (tertiary/aromatic N) is 3. The number of aromatic nitrogens is 2. The van der Waals surface area contributed by atoms with Crippen molar-refractivity contribution in [3.8, 4) is 0 Å². The molecule has 0 unspecified atom stereocenters. The van der Waals surface area contributed by atoms with Crippen LogP contribution in [0.1, 0.15) is 63.3 Å². The molecule has 1 aromatic heterocycles. The van der Waals surface area contributed by atoms with Gasteiger partial charge in [-0.2, -0.15) is 0 Å². The molecular weight excluding hydrogens is 274 g/mol. The predicted molar refractivity (Wildman–Crippen MR) is 87.7 cm³/mol. The van der Waals surface area contributed by atoms with E-state index in [9.17, 15) is 0 Å². The lowest BCUT2D eigenvalue weighted by Crippen LogP contribution is -2.47. The topological polar surface area (TPSA) is 38.2 Å².